The number of aliphatic hydroxyl groups is 15. The second-order valence-electron chi connectivity index (χ2n) is 21.0. The van der Waals surface area contributed by atoms with Crippen molar-refractivity contribution < 1.29 is 120 Å². The van der Waals surface area contributed by atoms with E-state index in [2.05, 4.69) is 31.9 Å². The molecule has 542 valence electrons. The van der Waals surface area contributed by atoms with E-state index in [0.717, 1.165) is 14.7 Å². The maximum atomic E-state index is 14.6. The SMILES string of the molecule is O=C(CO)Nc1c(I)c(C(=O)NCCC(CCNC(=O)c2c(I)c(NC(=O)CO)c(I)c(C(=O)N(CC(O)CO)CC(O)CO)c2I)CCNC(=O)c2c(I)c(NC(=O)CO)c(I)c(C(=O)N(CC(O)CO)CC(O)CO)c2I)c(I)c(C(=O)N(CC(O)CO)CC(O)CO)c1I. The van der Waals surface area contributed by atoms with Gasteiger partial charge >= 0.3 is 0 Å². The molecule has 0 saturated carbocycles. The molecule has 0 fully saturated rings. The van der Waals surface area contributed by atoms with E-state index in [9.17, 15) is 120 Å². The third-order valence-corrected chi connectivity index (χ3v) is 23.4. The number of carbonyl (C=O) groups excluding carboxylic acids is 9. The third-order valence-electron chi connectivity index (χ3n) is 13.7. The molecule has 0 aliphatic rings. The van der Waals surface area contributed by atoms with Crippen LogP contribution in [-0.4, -0.2) is 299 Å². The Kier molecular flexibility index (Phi) is 41.4. The first-order chi connectivity index (χ1) is 45.7. The van der Waals surface area contributed by atoms with Crippen molar-refractivity contribution in [3.8, 4) is 0 Å². The second kappa shape index (κ2) is 44.6. The Morgan fingerprint density at radius 2 is 0.485 bits per heavy atom. The minimum Gasteiger partial charge on any atom is -0.394 e. The number of nitrogens with zero attached hydrogens (tertiary/aromatic N) is 3. The highest BCUT2D eigenvalue weighted by molar-refractivity contribution is 14.1. The Balaban J connectivity index is 2.26. The van der Waals surface area contributed by atoms with E-state index in [-0.39, 0.29) is 121 Å². The van der Waals surface area contributed by atoms with Gasteiger partial charge in [0.15, 0.2) is 0 Å². The summed E-state index contributed by atoms with van der Waals surface area (Å²) in [4.78, 5) is 128. The Bertz CT molecular complexity index is 2960. The van der Waals surface area contributed by atoms with Gasteiger partial charge in [0.2, 0.25) is 17.7 Å². The highest BCUT2D eigenvalue weighted by Crippen LogP contribution is 2.40. The molecule has 97 heavy (non-hydrogen) atoms. The number of aliphatic hydroxyl groups excluding tert-OH is 15. The predicted octanol–water partition coefficient (Wildman–Crippen LogP) is -2.26. The zero-order chi connectivity index (χ0) is 73.5. The topological polar surface area (TPSA) is 539 Å². The van der Waals surface area contributed by atoms with Gasteiger partial charge in [-0.2, -0.15) is 0 Å². The summed E-state index contributed by atoms with van der Waals surface area (Å²) in [6.45, 7) is -11.9. The first kappa shape index (κ1) is 90.1. The van der Waals surface area contributed by atoms with Crippen molar-refractivity contribution in [3.63, 3.8) is 0 Å². The highest BCUT2D eigenvalue weighted by atomic mass is 127. The lowest BCUT2D eigenvalue weighted by atomic mass is 9.96. The van der Waals surface area contributed by atoms with E-state index in [1.165, 1.54) is 0 Å². The number of hydrogen-bond donors (Lipinski definition) is 21. The molecule has 0 aliphatic carbocycles. The quantitative estimate of drug-likeness (QED) is 0.0268. The summed E-state index contributed by atoms with van der Waals surface area (Å²) in [7, 11) is 0. The van der Waals surface area contributed by atoms with Crippen LogP contribution in [0.3, 0.4) is 0 Å². The summed E-state index contributed by atoms with van der Waals surface area (Å²) in [6, 6.07) is 0. The van der Waals surface area contributed by atoms with Gasteiger partial charge in [-0.15, -0.1) is 0 Å². The van der Waals surface area contributed by atoms with Crippen molar-refractivity contribution in [1.82, 2.24) is 30.7 Å². The average Bonchev–Trinajstić information content (AvgIpc) is 0.780. The minimum atomic E-state index is -1.53. The monoisotopic (exact) mass is 2380 g/mol. The van der Waals surface area contributed by atoms with E-state index in [1.54, 1.807) is 203 Å². The predicted molar refractivity (Wildman–Crippen MR) is 422 cm³/mol. The van der Waals surface area contributed by atoms with Crippen molar-refractivity contribution in [2.75, 3.05) is 134 Å². The molecule has 0 saturated heterocycles. The highest BCUT2D eigenvalue weighted by Gasteiger charge is 2.37. The van der Waals surface area contributed by atoms with Crippen molar-refractivity contribution in [3.05, 3.63) is 65.5 Å². The molecule has 0 aromatic heterocycles. The Morgan fingerprint density at radius 1 is 0.299 bits per heavy atom. The van der Waals surface area contributed by atoms with Crippen LogP contribution < -0.4 is 31.9 Å². The van der Waals surface area contributed by atoms with Crippen molar-refractivity contribution in [2.24, 2.45) is 5.92 Å². The summed E-state index contributed by atoms with van der Waals surface area (Å²) in [5, 5.41) is 166. The number of amides is 9. The number of nitrogens with one attached hydrogen (secondary N) is 6. The Labute approximate surface area is 676 Å². The lowest BCUT2D eigenvalue weighted by Crippen LogP contribution is -2.44. The lowest BCUT2D eigenvalue weighted by Gasteiger charge is -2.28. The van der Waals surface area contributed by atoms with Crippen LogP contribution in [0.5, 0.6) is 0 Å². The number of halogens is 9. The van der Waals surface area contributed by atoms with Crippen LogP contribution in [0.2, 0.25) is 0 Å². The third kappa shape index (κ3) is 25.6. The molecule has 0 heterocycles. The summed E-state index contributed by atoms with van der Waals surface area (Å²) in [5.74, 6) is -8.63. The van der Waals surface area contributed by atoms with Gasteiger partial charge in [0.05, 0.1) is 148 Å². The van der Waals surface area contributed by atoms with Gasteiger partial charge in [0.25, 0.3) is 35.4 Å². The average molecular weight is 2380 g/mol. The Hall–Kier alpha value is -1.14. The van der Waals surface area contributed by atoms with Crippen LogP contribution in [-0.2, 0) is 14.4 Å². The Morgan fingerprint density at radius 3 is 0.660 bits per heavy atom. The standard InChI is InChI=1S/C55H70I9N9O24/c56-38-32(41(59)47(68-29(89)19-80)44(62)35(38)53(95)71(7-23(83)13-74)8-24(84)14-75)50(92)65-4-1-22(2-5-66-51(93)33-39(57)36(45(63)48(42(33)60)69-30(90)20-81)54(96)72(9-25(85)15-76)10-26(86)16-77)3-6-67-52(94)34-40(58)37(46(64)49(43(34)61)70-31(91)21-82)55(97)73(11-27(87)17-78)12-28(88)18-79/h22-28,74-88H,1-21H2,(H,65,92)(H,66,93)(H,67,94)(H,68,89)(H,69,90)(H,70,91). The van der Waals surface area contributed by atoms with Crippen molar-refractivity contribution in [1.29, 1.82) is 0 Å². The largest absolute Gasteiger partial charge is 0.394 e. The summed E-state index contributed by atoms with van der Waals surface area (Å²) < 4.78 is 0.453. The number of anilines is 3. The first-order valence-electron chi connectivity index (χ1n) is 28.5. The zero-order valence-electron chi connectivity index (χ0n) is 50.5. The van der Waals surface area contributed by atoms with Crippen molar-refractivity contribution >= 4 is 274 Å². The molecule has 33 nitrogen and oxygen atoms in total. The van der Waals surface area contributed by atoms with Gasteiger partial charge in [-0.1, -0.05) is 0 Å². The van der Waals surface area contributed by atoms with Gasteiger partial charge in [0.1, 0.15) is 19.8 Å². The maximum absolute atomic E-state index is 14.6. The summed E-state index contributed by atoms with van der Waals surface area (Å²) >= 11 is 15.7. The van der Waals surface area contributed by atoms with Gasteiger partial charge in [-0.05, 0) is 228 Å². The van der Waals surface area contributed by atoms with Crippen LogP contribution in [0.1, 0.15) is 81.4 Å². The molecule has 0 bridgehead atoms. The van der Waals surface area contributed by atoms with Crippen LogP contribution >= 0.6 is 203 Å². The molecule has 3 rings (SSSR count). The second-order valence-corrected chi connectivity index (χ2v) is 30.7. The summed E-state index contributed by atoms with van der Waals surface area (Å²) in [6.07, 6.45) is -9.04. The lowest BCUT2D eigenvalue weighted by molar-refractivity contribution is -0.119. The molecule has 0 spiro atoms. The maximum Gasteiger partial charge on any atom is 0.256 e. The first-order valence-corrected chi connectivity index (χ1v) is 38.2. The molecule has 0 aliphatic heterocycles. The van der Waals surface area contributed by atoms with Gasteiger partial charge in [0, 0.05) is 69.6 Å². The molecule has 6 unspecified atom stereocenters. The molecule has 0 radical (unpaired) electrons. The number of carbonyl (C=O) groups is 9. The van der Waals surface area contributed by atoms with Crippen LogP contribution in [0, 0.1) is 38.0 Å². The van der Waals surface area contributed by atoms with Crippen molar-refractivity contribution in [2.45, 2.75) is 55.9 Å². The molecule has 21 N–H and O–H groups in total. The number of benzene rings is 3. The van der Waals surface area contributed by atoms with Crippen LogP contribution in [0.4, 0.5) is 17.1 Å². The fourth-order valence-electron chi connectivity index (χ4n) is 8.96. The molecular weight excluding hydrogens is 2310 g/mol. The van der Waals surface area contributed by atoms with E-state index in [0.29, 0.717) is 0 Å². The van der Waals surface area contributed by atoms with E-state index in [1.807, 2.05) is 0 Å². The zero-order valence-corrected chi connectivity index (χ0v) is 69.9. The van der Waals surface area contributed by atoms with Gasteiger partial charge in [-0.25, -0.2) is 0 Å². The molecule has 6 atom stereocenters. The van der Waals surface area contributed by atoms with Crippen LogP contribution in [0.15, 0.2) is 0 Å². The molecule has 9 amide bonds. The van der Waals surface area contributed by atoms with Gasteiger partial charge in [-0.3, -0.25) is 43.2 Å². The van der Waals surface area contributed by atoms with Crippen LogP contribution in [0.25, 0.3) is 0 Å². The smallest absolute Gasteiger partial charge is 0.256 e. The van der Waals surface area contributed by atoms with Gasteiger partial charge < -0.3 is 123 Å². The fraction of sp³-hybridized carbons (Fsp3) is 0.509. The molecule has 3 aromatic rings. The van der Waals surface area contributed by atoms with E-state index >= 15 is 0 Å². The fourth-order valence-corrected chi connectivity index (χ4v) is 22.1. The summed E-state index contributed by atoms with van der Waals surface area (Å²) in [5.41, 5.74) is -1.43. The number of hydrogen-bond acceptors (Lipinski definition) is 24. The molecule has 3 aromatic carbocycles. The minimum absolute atomic E-state index is 0.00359. The number of rotatable bonds is 39. The molecular formula is C55H70I9N9O24. The molecule has 42 heteroatoms. The van der Waals surface area contributed by atoms with E-state index in [4.69, 9.17) is 0 Å². The normalized spacial score (nSPS) is 13.5. The van der Waals surface area contributed by atoms with E-state index < -0.39 is 194 Å².